The molecule has 74 valence electrons. The lowest BCUT2D eigenvalue weighted by atomic mass is 10.3. The number of Topliss-reactive ketones (excluding diaryl/α,β-unsaturated/α-hetero) is 1. The number of nitrogens with zero attached hydrogens (tertiary/aromatic N) is 1. The molecule has 0 amide bonds. The van der Waals surface area contributed by atoms with E-state index in [9.17, 15) is 9.59 Å². The number of hydrogen-bond donors (Lipinski definition) is 1. The maximum atomic E-state index is 11.2. The van der Waals surface area contributed by atoms with Crippen molar-refractivity contribution in [3.63, 3.8) is 0 Å². The van der Waals surface area contributed by atoms with Gasteiger partial charge in [-0.05, 0) is 13.0 Å². The van der Waals surface area contributed by atoms with Gasteiger partial charge in [-0.1, -0.05) is 0 Å². The van der Waals surface area contributed by atoms with Gasteiger partial charge in [-0.25, -0.2) is 0 Å². The summed E-state index contributed by atoms with van der Waals surface area (Å²) >= 11 is 0. The Labute approximate surface area is 78.3 Å². The van der Waals surface area contributed by atoms with Gasteiger partial charge < -0.3 is 10.1 Å². The monoisotopic (exact) mass is 184 g/mol. The molecule has 1 N–H and O–H groups in total. The van der Waals surface area contributed by atoms with E-state index in [1.165, 1.54) is 0 Å². The van der Waals surface area contributed by atoms with Crippen molar-refractivity contribution in [2.45, 2.75) is 12.8 Å². The molecule has 0 radical (unpaired) electrons. The lowest BCUT2D eigenvalue weighted by Gasteiger charge is -2.17. The quantitative estimate of drug-likeness (QED) is 0.470. The topological polar surface area (TPSA) is 49.4 Å². The van der Waals surface area contributed by atoms with Gasteiger partial charge >= 0.3 is 0 Å². The Balaban J connectivity index is 2.22. The molecule has 1 fully saturated rings. The Morgan fingerprint density at radius 1 is 1.54 bits per heavy atom. The average molecular weight is 184 g/mol. The minimum absolute atomic E-state index is 0.239. The fraction of sp³-hybridized carbons (Fsp3) is 0.778. The molecule has 1 aliphatic heterocycles. The summed E-state index contributed by atoms with van der Waals surface area (Å²) in [5.41, 5.74) is 0. The number of carbonyl (C=O) groups excluding carboxylic acids is 2. The molecule has 0 spiro atoms. The van der Waals surface area contributed by atoms with Gasteiger partial charge in [0.25, 0.3) is 0 Å². The molecule has 0 aromatic rings. The molecule has 1 saturated heterocycles. The number of nitrogens with one attached hydrogen (secondary N) is 1. The molecule has 1 heterocycles. The SMILES string of the molecule is O=CCCCN1CCNCC(=O)C1. The highest BCUT2D eigenvalue weighted by Crippen LogP contribution is 1.96. The van der Waals surface area contributed by atoms with Crippen molar-refractivity contribution in [1.29, 1.82) is 0 Å². The molecule has 0 unspecified atom stereocenters. The smallest absolute Gasteiger partial charge is 0.160 e. The molecule has 4 nitrogen and oxygen atoms in total. The van der Waals surface area contributed by atoms with Crippen molar-refractivity contribution < 1.29 is 9.59 Å². The summed E-state index contributed by atoms with van der Waals surface area (Å²) in [6.45, 7) is 3.65. The fourth-order valence-corrected chi connectivity index (χ4v) is 1.44. The number of rotatable bonds is 4. The molecule has 0 aliphatic carbocycles. The highest BCUT2D eigenvalue weighted by Gasteiger charge is 2.13. The summed E-state index contributed by atoms with van der Waals surface area (Å²) in [4.78, 5) is 23.3. The van der Waals surface area contributed by atoms with Crippen LogP contribution in [0.3, 0.4) is 0 Å². The van der Waals surface area contributed by atoms with E-state index in [0.717, 1.165) is 32.3 Å². The van der Waals surface area contributed by atoms with Gasteiger partial charge in [0.2, 0.25) is 0 Å². The molecule has 0 aromatic carbocycles. The van der Waals surface area contributed by atoms with Gasteiger partial charge in [0.1, 0.15) is 6.29 Å². The van der Waals surface area contributed by atoms with E-state index in [1.807, 2.05) is 0 Å². The van der Waals surface area contributed by atoms with Gasteiger partial charge in [-0.3, -0.25) is 9.69 Å². The molecule has 0 saturated carbocycles. The minimum atomic E-state index is 0.239. The van der Waals surface area contributed by atoms with Crippen LogP contribution in [-0.4, -0.2) is 49.7 Å². The van der Waals surface area contributed by atoms with Crippen molar-refractivity contribution >= 4 is 12.1 Å². The van der Waals surface area contributed by atoms with E-state index in [4.69, 9.17) is 0 Å². The van der Waals surface area contributed by atoms with Crippen LogP contribution in [0.4, 0.5) is 0 Å². The zero-order valence-electron chi connectivity index (χ0n) is 7.79. The Hall–Kier alpha value is -0.740. The molecule has 4 heteroatoms. The normalized spacial score (nSPS) is 19.8. The van der Waals surface area contributed by atoms with Crippen molar-refractivity contribution in [2.75, 3.05) is 32.7 Å². The van der Waals surface area contributed by atoms with E-state index in [0.29, 0.717) is 19.5 Å². The third kappa shape index (κ3) is 4.15. The van der Waals surface area contributed by atoms with Crippen molar-refractivity contribution in [2.24, 2.45) is 0 Å². The largest absolute Gasteiger partial charge is 0.309 e. The maximum absolute atomic E-state index is 11.2. The Morgan fingerprint density at radius 3 is 3.15 bits per heavy atom. The minimum Gasteiger partial charge on any atom is -0.309 e. The summed E-state index contributed by atoms with van der Waals surface area (Å²) in [6.07, 6.45) is 2.38. The first kappa shape index (κ1) is 10.3. The van der Waals surface area contributed by atoms with Gasteiger partial charge in [-0.2, -0.15) is 0 Å². The summed E-state index contributed by atoms with van der Waals surface area (Å²) in [6, 6.07) is 0. The van der Waals surface area contributed by atoms with Crippen molar-refractivity contribution in [1.82, 2.24) is 10.2 Å². The fourth-order valence-electron chi connectivity index (χ4n) is 1.44. The highest BCUT2D eigenvalue weighted by molar-refractivity contribution is 5.82. The molecule has 1 rings (SSSR count). The first-order valence-corrected chi connectivity index (χ1v) is 4.71. The number of hydrogen-bond acceptors (Lipinski definition) is 4. The molecular formula is C9H16N2O2. The number of carbonyl (C=O) groups is 2. The van der Waals surface area contributed by atoms with Crippen LogP contribution in [-0.2, 0) is 9.59 Å². The van der Waals surface area contributed by atoms with Gasteiger partial charge in [0.05, 0.1) is 13.1 Å². The van der Waals surface area contributed by atoms with Crippen LogP contribution < -0.4 is 5.32 Å². The van der Waals surface area contributed by atoms with Crippen LogP contribution in [0.25, 0.3) is 0 Å². The Kier molecular flexibility index (Phi) is 4.64. The molecule has 0 aromatic heterocycles. The summed E-state index contributed by atoms with van der Waals surface area (Å²) in [5, 5.41) is 3.06. The summed E-state index contributed by atoms with van der Waals surface area (Å²) in [7, 11) is 0. The highest BCUT2D eigenvalue weighted by atomic mass is 16.1. The second kappa shape index (κ2) is 5.83. The lowest BCUT2D eigenvalue weighted by molar-refractivity contribution is -0.118. The van der Waals surface area contributed by atoms with Crippen molar-refractivity contribution in [3.8, 4) is 0 Å². The molecule has 0 bridgehead atoms. The van der Waals surface area contributed by atoms with Crippen LogP contribution in [0.2, 0.25) is 0 Å². The second-order valence-electron chi connectivity index (χ2n) is 3.30. The van der Waals surface area contributed by atoms with Crippen LogP contribution in [0.15, 0.2) is 0 Å². The Morgan fingerprint density at radius 2 is 2.38 bits per heavy atom. The van der Waals surface area contributed by atoms with Gasteiger partial charge in [0.15, 0.2) is 5.78 Å². The zero-order valence-corrected chi connectivity index (χ0v) is 7.79. The average Bonchev–Trinajstić information content (AvgIpc) is 2.31. The first-order valence-electron chi connectivity index (χ1n) is 4.71. The van der Waals surface area contributed by atoms with Gasteiger partial charge in [0, 0.05) is 19.5 Å². The van der Waals surface area contributed by atoms with E-state index < -0.39 is 0 Å². The third-order valence-electron chi connectivity index (χ3n) is 2.12. The van der Waals surface area contributed by atoms with Crippen LogP contribution in [0.5, 0.6) is 0 Å². The van der Waals surface area contributed by atoms with E-state index >= 15 is 0 Å². The van der Waals surface area contributed by atoms with E-state index in [2.05, 4.69) is 10.2 Å². The van der Waals surface area contributed by atoms with E-state index in [-0.39, 0.29) is 5.78 Å². The molecule has 13 heavy (non-hydrogen) atoms. The predicted octanol–water partition coefficient (Wildman–Crippen LogP) is -0.560. The Bertz CT molecular complexity index is 182. The first-order chi connectivity index (χ1) is 6.33. The van der Waals surface area contributed by atoms with Crippen LogP contribution in [0.1, 0.15) is 12.8 Å². The van der Waals surface area contributed by atoms with Crippen LogP contribution in [0, 0.1) is 0 Å². The third-order valence-corrected chi connectivity index (χ3v) is 2.12. The molecule has 0 atom stereocenters. The van der Waals surface area contributed by atoms with Gasteiger partial charge in [-0.15, -0.1) is 0 Å². The van der Waals surface area contributed by atoms with E-state index in [1.54, 1.807) is 0 Å². The van der Waals surface area contributed by atoms with Crippen molar-refractivity contribution in [3.05, 3.63) is 0 Å². The maximum Gasteiger partial charge on any atom is 0.160 e. The lowest BCUT2D eigenvalue weighted by Crippen LogP contribution is -2.31. The summed E-state index contributed by atoms with van der Waals surface area (Å²) < 4.78 is 0. The zero-order chi connectivity index (χ0) is 9.52. The number of ketones is 1. The standard InChI is InChI=1S/C9H16N2O2/c12-6-2-1-4-11-5-3-10-7-9(13)8-11/h6,10H,1-5,7-8H2. The second-order valence-corrected chi connectivity index (χ2v) is 3.30. The van der Waals surface area contributed by atoms with Crippen LogP contribution >= 0.6 is 0 Å². The molecule has 1 aliphatic rings. The summed E-state index contributed by atoms with van der Waals surface area (Å²) in [5.74, 6) is 0.239. The predicted molar refractivity (Wildman–Crippen MR) is 49.6 cm³/mol. The number of aldehydes is 1. The number of unbranched alkanes of at least 4 members (excludes halogenated alkanes) is 1. The molecular weight excluding hydrogens is 168 g/mol.